The van der Waals surface area contributed by atoms with Gasteiger partial charge < -0.3 is 9.47 Å². The van der Waals surface area contributed by atoms with Gasteiger partial charge in [0.05, 0.1) is 11.9 Å². The van der Waals surface area contributed by atoms with E-state index in [0.717, 1.165) is 0 Å². The summed E-state index contributed by atoms with van der Waals surface area (Å²) in [5, 5.41) is 0. The van der Waals surface area contributed by atoms with Crippen molar-refractivity contribution in [2.45, 2.75) is 9.79 Å². The van der Waals surface area contributed by atoms with Gasteiger partial charge >= 0.3 is 0 Å². The number of rotatable bonds is 6. The zero-order chi connectivity index (χ0) is 13.6. The van der Waals surface area contributed by atoms with Gasteiger partial charge in [0.2, 0.25) is 0 Å². The van der Waals surface area contributed by atoms with Gasteiger partial charge in [-0.25, -0.2) is 0 Å². The van der Waals surface area contributed by atoms with E-state index in [-0.39, 0.29) is 0 Å². The van der Waals surface area contributed by atoms with Crippen LogP contribution in [-0.4, -0.2) is 26.1 Å². The maximum Gasteiger partial charge on any atom is 0.0860 e. The molecular weight excluding hydrogens is 256 g/mol. The average molecular weight is 276 g/mol. The van der Waals surface area contributed by atoms with Gasteiger partial charge in [-0.1, -0.05) is 36.4 Å². The highest BCUT2D eigenvalue weighted by molar-refractivity contribution is 8.33. The van der Waals surface area contributed by atoms with Crippen molar-refractivity contribution in [3.8, 4) is 0 Å². The summed E-state index contributed by atoms with van der Waals surface area (Å²) >= 11 is 0. The summed E-state index contributed by atoms with van der Waals surface area (Å²) < 4.78 is 11.1. The number of benzene rings is 2. The van der Waals surface area contributed by atoms with Crippen molar-refractivity contribution < 1.29 is 9.47 Å². The molecule has 0 bridgehead atoms. The molecule has 0 aliphatic rings. The minimum absolute atomic E-state index is 0.675. The van der Waals surface area contributed by atoms with E-state index >= 15 is 0 Å². The fraction of sp³-hybridized carbons (Fsp3) is 0.250. The summed E-state index contributed by atoms with van der Waals surface area (Å²) in [6.45, 7) is 0. The van der Waals surface area contributed by atoms with E-state index in [0.29, 0.717) is 11.9 Å². The lowest BCUT2D eigenvalue weighted by atomic mass is 10.4. The first-order valence-corrected chi connectivity index (χ1v) is 8.17. The molecule has 3 heteroatoms. The molecule has 2 nitrogen and oxygen atoms in total. The lowest BCUT2D eigenvalue weighted by Gasteiger charge is -2.39. The Balaban J connectivity index is 2.54. The molecule has 0 unspecified atom stereocenters. The molecule has 0 aliphatic heterocycles. The summed E-state index contributed by atoms with van der Waals surface area (Å²) in [6.07, 6.45) is 0. The third-order valence-electron chi connectivity index (χ3n) is 3.03. The summed E-state index contributed by atoms with van der Waals surface area (Å²) in [7, 11) is 2.21. The van der Waals surface area contributed by atoms with Crippen LogP contribution in [0.25, 0.3) is 0 Å². The van der Waals surface area contributed by atoms with Crippen LogP contribution in [0.15, 0.2) is 70.5 Å². The summed E-state index contributed by atoms with van der Waals surface area (Å²) in [5.74, 6) is 1.35. The maximum atomic E-state index is 5.53. The molecule has 0 radical (unpaired) electrons. The van der Waals surface area contributed by atoms with Gasteiger partial charge in [0.1, 0.15) is 0 Å². The second-order valence-electron chi connectivity index (χ2n) is 4.32. The molecule has 0 heterocycles. The van der Waals surface area contributed by atoms with Gasteiger partial charge in [-0.3, -0.25) is 0 Å². The van der Waals surface area contributed by atoms with Crippen LogP contribution in [0.2, 0.25) is 0 Å². The molecule has 0 N–H and O–H groups in total. The molecule has 0 saturated carbocycles. The third kappa shape index (κ3) is 3.00. The minimum Gasteiger partial charge on any atom is -0.375 e. The predicted octanol–water partition coefficient (Wildman–Crippen LogP) is 4.12. The van der Waals surface area contributed by atoms with Gasteiger partial charge in [0.25, 0.3) is 0 Å². The smallest absolute Gasteiger partial charge is 0.0860 e. The number of ether oxygens (including phenoxy) is 2. The van der Waals surface area contributed by atoms with E-state index in [4.69, 9.17) is 9.47 Å². The molecule has 102 valence electrons. The van der Waals surface area contributed by atoms with Crippen LogP contribution in [0.3, 0.4) is 0 Å². The second kappa shape index (κ2) is 6.75. The Kier molecular flexibility index (Phi) is 5.02. The molecule has 0 spiro atoms. The van der Waals surface area contributed by atoms with Crippen molar-refractivity contribution in [3.05, 3.63) is 60.7 Å². The van der Waals surface area contributed by atoms with Crippen LogP contribution in [-0.2, 0) is 9.47 Å². The maximum absolute atomic E-state index is 5.53. The SMILES string of the molecule is COCS(COC)(c1ccccc1)c1ccccc1. The van der Waals surface area contributed by atoms with Crippen LogP contribution < -0.4 is 0 Å². The minimum atomic E-state index is -1.30. The van der Waals surface area contributed by atoms with Crippen molar-refractivity contribution >= 4 is 10.0 Å². The lowest BCUT2D eigenvalue weighted by molar-refractivity contribution is 0.235. The molecule has 19 heavy (non-hydrogen) atoms. The first-order valence-electron chi connectivity index (χ1n) is 6.20. The van der Waals surface area contributed by atoms with E-state index in [1.807, 2.05) is 12.1 Å². The summed E-state index contributed by atoms with van der Waals surface area (Å²) in [4.78, 5) is 2.59. The van der Waals surface area contributed by atoms with E-state index in [2.05, 4.69) is 48.5 Å². The zero-order valence-corrected chi connectivity index (χ0v) is 12.2. The Morgan fingerprint density at radius 3 is 1.37 bits per heavy atom. The standard InChI is InChI=1S/C16H20O2S/c1-17-13-19(14-18-2,15-9-5-3-6-10-15)16-11-7-4-8-12-16/h3-12H,13-14H2,1-2H3. The largest absolute Gasteiger partial charge is 0.375 e. The van der Waals surface area contributed by atoms with Crippen LogP contribution >= 0.6 is 10.0 Å². The molecule has 2 rings (SSSR count). The Hall–Kier alpha value is -1.29. The molecule has 0 fully saturated rings. The van der Waals surface area contributed by atoms with Gasteiger partial charge in [-0.15, -0.1) is 10.0 Å². The molecule has 0 aliphatic carbocycles. The van der Waals surface area contributed by atoms with Crippen molar-refractivity contribution in [2.75, 3.05) is 26.1 Å². The lowest BCUT2D eigenvalue weighted by Crippen LogP contribution is -2.13. The van der Waals surface area contributed by atoms with Crippen LogP contribution in [0.5, 0.6) is 0 Å². The predicted molar refractivity (Wildman–Crippen MR) is 80.8 cm³/mol. The highest BCUT2D eigenvalue weighted by Crippen LogP contribution is 2.62. The van der Waals surface area contributed by atoms with E-state index < -0.39 is 10.0 Å². The molecule has 0 saturated heterocycles. The van der Waals surface area contributed by atoms with Crippen molar-refractivity contribution in [3.63, 3.8) is 0 Å². The normalized spacial score (nSPS) is 12.3. The Morgan fingerprint density at radius 1 is 0.684 bits per heavy atom. The fourth-order valence-corrected chi connectivity index (χ4v) is 5.25. The van der Waals surface area contributed by atoms with Gasteiger partial charge in [0.15, 0.2) is 0 Å². The van der Waals surface area contributed by atoms with Gasteiger partial charge in [0, 0.05) is 14.2 Å². The fourth-order valence-electron chi connectivity index (χ4n) is 2.21. The van der Waals surface area contributed by atoms with Gasteiger partial charge in [-0.2, -0.15) is 0 Å². The zero-order valence-electron chi connectivity index (χ0n) is 11.4. The highest BCUT2D eigenvalue weighted by Gasteiger charge is 2.28. The number of methoxy groups -OCH3 is 2. The van der Waals surface area contributed by atoms with Crippen LogP contribution in [0, 0.1) is 0 Å². The molecule has 0 amide bonds. The number of hydrogen-bond donors (Lipinski definition) is 0. The molecular formula is C16H20O2S. The Morgan fingerprint density at radius 2 is 1.05 bits per heavy atom. The molecule has 2 aromatic rings. The quantitative estimate of drug-likeness (QED) is 0.790. The topological polar surface area (TPSA) is 18.5 Å². The Labute approximate surface area is 116 Å². The summed E-state index contributed by atoms with van der Waals surface area (Å²) in [6, 6.07) is 21.0. The average Bonchev–Trinajstić information content (AvgIpc) is 2.49. The first-order chi connectivity index (χ1) is 9.33. The highest BCUT2D eigenvalue weighted by atomic mass is 32.3. The number of hydrogen-bond acceptors (Lipinski definition) is 2. The monoisotopic (exact) mass is 276 g/mol. The van der Waals surface area contributed by atoms with Crippen LogP contribution in [0.1, 0.15) is 0 Å². The molecule has 0 aromatic heterocycles. The molecule has 2 aromatic carbocycles. The van der Waals surface area contributed by atoms with Crippen molar-refractivity contribution in [1.29, 1.82) is 0 Å². The second-order valence-corrected chi connectivity index (χ2v) is 7.50. The summed E-state index contributed by atoms with van der Waals surface area (Å²) in [5.41, 5.74) is 0. The van der Waals surface area contributed by atoms with E-state index in [9.17, 15) is 0 Å². The van der Waals surface area contributed by atoms with E-state index in [1.54, 1.807) is 14.2 Å². The Bertz CT molecular complexity index is 437. The first kappa shape index (κ1) is 14.1. The van der Waals surface area contributed by atoms with Crippen molar-refractivity contribution in [1.82, 2.24) is 0 Å². The molecule has 0 atom stereocenters. The van der Waals surface area contributed by atoms with Crippen molar-refractivity contribution in [2.24, 2.45) is 0 Å². The van der Waals surface area contributed by atoms with E-state index in [1.165, 1.54) is 9.79 Å². The van der Waals surface area contributed by atoms with Crippen LogP contribution in [0.4, 0.5) is 0 Å². The van der Waals surface area contributed by atoms with Gasteiger partial charge in [-0.05, 0) is 34.1 Å². The third-order valence-corrected chi connectivity index (χ3v) is 6.65.